The van der Waals surface area contributed by atoms with Gasteiger partial charge in [-0.25, -0.2) is 0 Å². The van der Waals surface area contributed by atoms with Gasteiger partial charge in [-0.2, -0.15) is 0 Å². The first-order valence-corrected chi connectivity index (χ1v) is 7.60. The van der Waals surface area contributed by atoms with Crippen LogP contribution in [0.25, 0.3) is 0 Å². The zero-order valence-electron chi connectivity index (χ0n) is 13.4. The highest BCUT2D eigenvalue weighted by Crippen LogP contribution is 2.19. The third kappa shape index (κ3) is 5.04. The molecule has 0 aliphatic carbocycles. The first-order chi connectivity index (χ1) is 9.55. The predicted octanol–water partition coefficient (Wildman–Crippen LogP) is 1.28. The predicted molar refractivity (Wildman–Crippen MR) is 79.8 cm³/mol. The lowest BCUT2D eigenvalue weighted by Crippen LogP contribution is -2.50. The molecule has 1 N–H and O–H groups in total. The molecule has 0 aromatic rings. The quantitative estimate of drug-likeness (QED) is 0.647. The summed E-state index contributed by atoms with van der Waals surface area (Å²) in [4.78, 5) is 14.3. The van der Waals surface area contributed by atoms with Gasteiger partial charge in [0.2, 0.25) is 0 Å². The Morgan fingerprint density at radius 1 is 1.45 bits per heavy atom. The third-order valence-electron chi connectivity index (χ3n) is 4.13. The molecule has 0 aromatic heterocycles. The fourth-order valence-electron chi connectivity index (χ4n) is 3.02. The van der Waals surface area contributed by atoms with Crippen molar-refractivity contribution >= 4 is 5.97 Å². The van der Waals surface area contributed by atoms with Crippen LogP contribution in [0.4, 0.5) is 0 Å². The molecule has 118 valence electrons. The average Bonchev–Trinajstić information content (AvgIpc) is 2.86. The number of ether oxygens (including phenoxy) is 2. The smallest absolute Gasteiger partial charge is 0.325 e. The van der Waals surface area contributed by atoms with Gasteiger partial charge in [0.05, 0.1) is 13.7 Å². The SMILES string of the molecule is CCNC(C)(CCCN1CCC(COC)C1)C(=O)OC. The van der Waals surface area contributed by atoms with Crippen molar-refractivity contribution in [2.24, 2.45) is 5.92 Å². The molecule has 0 saturated carbocycles. The normalized spacial score (nSPS) is 22.7. The number of nitrogens with zero attached hydrogens (tertiary/aromatic N) is 1. The van der Waals surface area contributed by atoms with E-state index in [2.05, 4.69) is 10.2 Å². The number of likely N-dealkylation sites (tertiary alicyclic amines) is 1. The van der Waals surface area contributed by atoms with E-state index in [1.165, 1.54) is 13.5 Å². The summed E-state index contributed by atoms with van der Waals surface area (Å²) in [6.45, 7) is 8.86. The Morgan fingerprint density at radius 2 is 2.20 bits per heavy atom. The molecule has 1 aliphatic heterocycles. The number of likely N-dealkylation sites (N-methyl/N-ethyl adjacent to an activating group) is 1. The van der Waals surface area contributed by atoms with Crippen LogP contribution in [0, 0.1) is 5.92 Å². The van der Waals surface area contributed by atoms with Crippen LogP contribution in [0.1, 0.15) is 33.1 Å². The lowest BCUT2D eigenvalue weighted by molar-refractivity contribution is -0.148. The summed E-state index contributed by atoms with van der Waals surface area (Å²) >= 11 is 0. The summed E-state index contributed by atoms with van der Waals surface area (Å²) in [5.41, 5.74) is -0.560. The zero-order chi connectivity index (χ0) is 15.0. The van der Waals surface area contributed by atoms with E-state index in [4.69, 9.17) is 9.47 Å². The van der Waals surface area contributed by atoms with Crippen LogP contribution in [-0.2, 0) is 14.3 Å². The minimum atomic E-state index is -0.560. The summed E-state index contributed by atoms with van der Waals surface area (Å²) in [5.74, 6) is 0.499. The number of nitrogens with one attached hydrogen (secondary N) is 1. The minimum absolute atomic E-state index is 0.168. The van der Waals surface area contributed by atoms with Gasteiger partial charge >= 0.3 is 5.97 Å². The maximum absolute atomic E-state index is 11.9. The van der Waals surface area contributed by atoms with Crippen LogP contribution < -0.4 is 5.32 Å². The van der Waals surface area contributed by atoms with Crippen molar-refractivity contribution in [1.29, 1.82) is 0 Å². The fourth-order valence-corrected chi connectivity index (χ4v) is 3.02. The first-order valence-electron chi connectivity index (χ1n) is 7.60. The molecule has 0 amide bonds. The van der Waals surface area contributed by atoms with E-state index >= 15 is 0 Å². The van der Waals surface area contributed by atoms with E-state index in [9.17, 15) is 4.79 Å². The van der Waals surface area contributed by atoms with Crippen molar-refractivity contribution in [1.82, 2.24) is 10.2 Å². The second-order valence-corrected chi connectivity index (χ2v) is 5.87. The van der Waals surface area contributed by atoms with E-state index in [-0.39, 0.29) is 5.97 Å². The molecule has 1 fully saturated rings. The number of rotatable bonds is 9. The van der Waals surface area contributed by atoms with Crippen LogP contribution >= 0.6 is 0 Å². The lowest BCUT2D eigenvalue weighted by Gasteiger charge is -2.28. The van der Waals surface area contributed by atoms with Crippen LogP contribution in [0.5, 0.6) is 0 Å². The fraction of sp³-hybridized carbons (Fsp3) is 0.933. The Kier molecular flexibility index (Phi) is 7.48. The number of carbonyl (C=O) groups excluding carboxylic acids is 1. The van der Waals surface area contributed by atoms with Gasteiger partial charge in [0.1, 0.15) is 5.54 Å². The molecule has 5 nitrogen and oxygen atoms in total. The molecule has 2 atom stereocenters. The summed E-state index contributed by atoms with van der Waals surface area (Å²) in [6, 6.07) is 0. The maximum atomic E-state index is 11.9. The molecule has 20 heavy (non-hydrogen) atoms. The van der Waals surface area contributed by atoms with Crippen LogP contribution in [-0.4, -0.2) is 63.4 Å². The minimum Gasteiger partial charge on any atom is -0.468 e. The Hall–Kier alpha value is -0.650. The van der Waals surface area contributed by atoms with Crippen molar-refractivity contribution in [2.45, 2.75) is 38.6 Å². The van der Waals surface area contributed by atoms with Crippen molar-refractivity contribution in [3.8, 4) is 0 Å². The summed E-state index contributed by atoms with van der Waals surface area (Å²) < 4.78 is 10.1. The Balaban J connectivity index is 2.32. The van der Waals surface area contributed by atoms with Gasteiger partial charge in [0.15, 0.2) is 0 Å². The number of esters is 1. The van der Waals surface area contributed by atoms with E-state index in [0.29, 0.717) is 5.92 Å². The van der Waals surface area contributed by atoms with Crippen molar-refractivity contribution < 1.29 is 14.3 Å². The third-order valence-corrected chi connectivity index (χ3v) is 4.13. The number of hydrogen-bond donors (Lipinski definition) is 1. The zero-order valence-corrected chi connectivity index (χ0v) is 13.4. The first kappa shape index (κ1) is 17.4. The highest BCUT2D eigenvalue weighted by atomic mass is 16.5. The van der Waals surface area contributed by atoms with Crippen molar-refractivity contribution in [3.05, 3.63) is 0 Å². The molecular formula is C15H30N2O3. The molecule has 5 heteroatoms. The summed E-state index contributed by atoms with van der Waals surface area (Å²) in [7, 11) is 3.22. The largest absolute Gasteiger partial charge is 0.468 e. The molecule has 1 rings (SSSR count). The van der Waals surface area contributed by atoms with E-state index in [0.717, 1.165) is 45.6 Å². The Labute approximate surface area is 123 Å². The van der Waals surface area contributed by atoms with Crippen LogP contribution in [0.15, 0.2) is 0 Å². The Bertz CT molecular complexity index is 299. The van der Waals surface area contributed by atoms with Gasteiger partial charge < -0.3 is 19.7 Å². The number of hydrogen-bond acceptors (Lipinski definition) is 5. The topological polar surface area (TPSA) is 50.8 Å². The molecule has 1 aliphatic rings. The van der Waals surface area contributed by atoms with Gasteiger partial charge in [-0.1, -0.05) is 6.92 Å². The van der Waals surface area contributed by atoms with Gasteiger partial charge in [0.25, 0.3) is 0 Å². The molecule has 0 radical (unpaired) electrons. The molecular weight excluding hydrogens is 256 g/mol. The van der Waals surface area contributed by atoms with Crippen molar-refractivity contribution in [2.75, 3.05) is 47.0 Å². The van der Waals surface area contributed by atoms with Gasteiger partial charge in [-0.05, 0) is 51.7 Å². The van der Waals surface area contributed by atoms with E-state index in [1.807, 2.05) is 13.8 Å². The molecule has 0 spiro atoms. The molecule has 1 heterocycles. The average molecular weight is 286 g/mol. The second-order valence-electron chi connectivity index (χ2n) is 5.87. The van der Waals surface area contributed by atoms with Gasteiger partial charge in [-0.15, -0.1) is 0 Å². The number of carbonyl (C=O) groups is 1. The number of methoxy groups -OCH3 is 2. The summed E-state index contributed by atoms with van der Waals surface area (Å²) in [5, 5.41) is 3.25. The molecule has 2 unspecified atom stereocenters. The van der Waals surface area contributed by atoms with E-state index < -0.39 is 5.54 Å². The molecule has 0 bridgehead atoms. The maximum Gasteiger partial charge on any atom is 0.325 e. The highest BCUT2D eigenvalue weighted by molar-refractivity contribution is 5.80. The van der Waals surface area contributed by atoms with Gasteiger partial charge in [0, 0.05) is 13.7 Å². The molecule has 0 aromatic carbocycles. The standard InChI is InChI=1S/C15H30N2O3/c1-5-16-15(2,14(18)20-4)8-6-9-17-10-7-13(11-17)12-19-3/h13,16H,5-12H2,1-4H3. The highest BCUT2D eigenvalue weighted by Gasteiger charge is 2.33. The summed E-state index contributed by atoms with van der Waals surface area (Å²) in [6.07, 6.45) is 3.02. The van der Waals surface area contributed by atoms with Crippen LogP contribution in [0.3, 0.4) is 0 Å². The van der Waals surface area contributed by atoms with E-state index in [1.54, 1.807) is 7.11 Å². The molecule has 1 saturated heterocycles. The lowest BCUT2D eigenvalue weighted by atomic mass is 9.95. The van der Waals surface area contributed by atoms with Crippen LogP contribution in [0.2, 0.25) is 0 Å². The van der Waals surface area contributed by atoms with Crippen molar-refractivity contribution in [3.63, 3.8) is 0 Å². The monoisotopic (exact) mass is 286 g/mol. The Morgan fingerprint density at radius 3 is 2.80 bits per heavy atom. The second kappa shape index (κ2) is 8.60. The van der Waals surface area contributed by atoms with Gasteiger partial charge in [-0.3, -0.25) is 4.79 Å².